The van der Waals surface area contributed by atoms with Crippen LogP contribution in [0.5, 0.6) is 0 Å². The monoisotopic (exact) mass is 191 g/mol. The van der Waals surface area contributed by atoms with Gasteiger partial charge in [0.15, 0.2) is 0 Å². The van der Waals surface area contributed by atoms with Gasteiger partial charge in [-0.2, -0.15) is 0 Å². The Hall–Kier alpha value is -0.650. The zero-order valence-corrected chi connectivity index (χ0v) is 7.21. The Morgan fingerprint density at radius 2 is 2.50 bits per heavy atom. The first-order chi connectivity index (χ1) is 5.47. The van der Waals surface area contributed by atoms with Gasteiger partial charge >= 0.3 is 0 Å². The van der Waals surface area contributed by atoms with Gasteiger partial charge in [-0.1, -0.05) is 0 Å². The number of morpholine rings is 1. The van der Waals surface area contributed by atoms with Crippen molar-refractivity contribution in [2.24, 2.45) is 0 Å². The standard InChI is InChI=1S/C6H9N3O2.ClH/c1-2-10-5(3-7-1)6-9-8-4-11-6;/h4-5,7H,1-3H2;1H. The Kier molecular flexibility index (Phi) is 3.46. The van der Waals surface area contributed by atoms with Gasteiger partial charge < -0.3 is 14.5 Å². The van der Waals surface area contributed by atoms with E-state index >= 15 is 0 Å². The second-order valence-electron chi connectivity index (χ2n) is 2.34. The van der Waals surface area contributed by atoms with Gasteiger partial charge in [-0.3, -0.25) is 0 Å². The minimum Gasteiger partial charge on any atom is -0.425 e. The number of hydrogen-bond donors (Lipinski definition) is 1. The molecule has 5 nitrogen and oxygen atoms in total. The number of halogens is 1. The minimum atomic E-state index is -0.0637. The fourth-order valence-electron chi connectivity index (χ4n) is 1.05. The number of ether oxygens (including phenoxy) is 1. The Bertz CT molecular complexity index is 211. The van der Waals surface area contributed by atoms with Gasteiger partial charge in [0, 0.05) is 13.1 Å². The van der Waals surface area contributed by atoms with Crippen LogP contribution in [0.25, 0.3) is 0 Å². The maximum Gasteiger partial charge on any atom is 0.246 e. The Morgan fingerprint density at radius 3 is 3.08 bits per heavy atom. The summed E-state index contributed by atoms with van der Waals surface area (Å²) in [5.41, 5.74) is 0. The molecule has 1 N–H and O–H groups in total. The molecule has 0 radical (unpaired) electrons. The first-order valence-electron chi connectivity index (χ1n) is 3.55. The molecule has 68 valence electrons. The Balaban J connectivity index is 0.000000720. The van der Waals surface area contributed by atoms with E-state index in [9.17, 15) is 0 Å². The van der Waals surface area contributed by atoms with Gasteiger partial charge in [-0.25, -0.2) is 0 Å². The summed E-state index contributed by atoms with van der Waals surface area (Å²) in [6.07, 6.45) is 1.25. The first-order valence-corrected chi connectivity index (χ1v) is 3.55. The summed E-state index contributed by atoms with van der Waals surface area (Å²) in [6, 6.07) is 0. The van der Waals surface area contributed by atoms with Crippen LogP contribution in [0, 0.1) is 0 Å². The third-order valence-corrected chi connectivity index (χ3v) is 1.58. The molecule has 0 spiro atoms. The van der Waals surface area contributed by atoms with Crippen LogP contribution in [-0.2, 0) is 4.74 Å². The highest BCUT2D eigenvalue weighted by molar-refractivity contribution is 5.85. The maximum atomic E-state index is 5.36. The van der Waals surface area contributed by atoms with Crippen molar-refractivity contribution >= 4 is 12.4 Å². The van der Waals surface area contributed by atoms with E-state index in [0.717, 1.165) is 13.1 Å². The molecule has 0 bridgehead atoms. The van der Waals surface area contributed by atoms with Gasteiger partial charge in [0.05, 0.1) is 6.61 Å². The molecule has 1 aliphatic rings. The molecule has 2 heterocycles. The average Bonchev–Trinajstić information content (AvgIpc) is 2.58. The van der Waals surface area contributed by atoms with Crippen molar-refractivity contribution in [3.8, 4) is 0 Å². The van der Waals surface area contributed by atoms with Crippen LogP contribution in [0.3, 0.4) is 0 Å². The van der Waals surface area contributed by atoms with Crippen LogP contribution in [0.2, 0.25) is 0 Å². The van der Waals surface area contributed by atoms with E-state index in [-0.39, 0.29) is 18.5 Å². The van der Waals surface area contributed by atoms with Crippen molar-refractivity contribution in [3.63, 3.8) is 0 Å². The molecular weight excluding hydrogens is 182 g/mol. The lowest BCUT2D eigenvalue weighted by molar-refractivity contribution is 0.0108. The fraction of sp³-hybridized carbons (Fsp3) is 0.667. The number of rotatable bonds is 1. The molecule has 1 fully saturated rings. The number of nitrogens with zero attached hydrogens (tertiary/aromatic N) is 2. The average molecular weight is 192 g/mol. The summed E-state index contributed by atoms with van der Waals surface area (Å²) in [6.45, 7) is 2.35. The molecule has 1 atom stereocenters. The number of hydrogen-bond acceptors (Lipinski definition) is 5. The van der Waals surface area contributed by atoms with Crippen LogP contribution in [0.4, 0.5) is 0 Å². The summed E-state index contributed by atoms with van der Waals surface area (Å²) in [5, 5.41) is 10.5. The van der Waals surface area contributed by atoms with Crippen molar-refractivity contribution in [1.29, 1.82) is 0 Å². The fourth-order valence-corrected chi connectivity index (χ4v) is 1.05. The van der Waals surface area contributed by atoms with Crippen LogP contribution >= 0.6 is 12.4 Å². The lowest BCUT2D eigenvalue weighted by Gasteiger charge is -2.19. The van der Waals surface area contributed by atoms with Gasteiger partial charge in [-0.15, -0.1) is 22.6 Å². The Labute approximate surface area is 75.9 Å². The molecule has 2 rings (SSSR count). The molecule has 12 heavy (non-hydrogen) atoms. The molecule has 0 aliphatic carbocycles. The quantitative estimate of drug-likeness (QED) is 0.685. The topological polar surface area (TPSA) is 60.2 Å². The van der Waals surface area contributed by atoms with Gasteiger partial charge in [0.25, 0.3) is 0 Å². The molecule has 0 aromatic carbocycles. The molecule has 0 saturated carbocycles. The predicted octanol–water partition coefficient (Wildman–Crippen LogP) is 0.152. The van der Waals surface area contributed by atoms with Crippen molar-refractivity contribution < 1.29 is 9.15 Å². The molecular formula is C6H10ClN3O2. The van der Waals surface area contributed by atoms with Crippen LogP contribution in [-0.4, -0.2) is 29.9 Å². The Morgan fingerprint density at radius 1 is 1.58 bits per heavy atom. The highest BCUT2D eigenvalue weighted by Crippen LogP contribution is 2.14. The maximum absolute atomic E-state index is 5.36. The van der Waals surface area contributed by atoms with E-state index in [1.807, 2.05) is 0 Å². The number of nitrogens with one attached hydrogen (secondary N) is 1. The SMILES string of the molecule is Cl.c1nnc(C2CNCCO2)o1. The molecule has 1 aliphatic heterocycles. The first kappa shape index (κ1) is 9.44. The summed E-state index contributed by atoms with van der Waals surface area (Å²) >= 11 is 0. The largest absolute Gasteiger partial charge is 0.425 e. The van der Waals surface area contributed by atoms with Crippen molar-refractivity contribution in [1.82, 2.24) is 15.5 Å². The summed E-state index contributed by atoms with van der Waals surface area (Å²) in [5.74, 6) is 0.553. The van der Waals surface area contributed by atoms with Crippen LogP contribution in [0.1, 0.15) is 12.0 Å². The van der Waals surface area contributed by atoms with Crippen molar-refractivity contribution in [2.75, 3.05) is 19.7 Å². The molecule has 1 aromatic heterocycles. The summed E-state index contributed by atoms with van der Waals surface area (Å²) < 4.78 is 10.3. The van der Waals surface area contributed by atoms with E-state index in [0.29, 0.717) is 12.5 Å². The molecule has 6 heteroatoms. The van der Waals surface area contributed by atoms with Gasteiger partial charge in [-0.05, 0) is 0 Å². The van der Waals surface area contributed by atoms with E-state index in [4.69, 9.17) is 9.15 Å². The highest BCUT2D eigenvalue weighted by Gasteiger charge is 2.19. The summed E-state index contributed by atoms with van der Waals surface area (Å²) in [4.78, 5) is 0. The van der Waals surface area contributed by atoms with Crippen molar-refractivity contribution in [2.45, 2.75) is 6.10 Å². The summed E-state index contributed by atoms with van der Waals surface area (Å²) in [7, 11) is 0. The molecule has 1 aromatic rings. The molecule has 0 amide bonds. The zero-order chi connectivity index (χ0) is 7.52. The van der Waals surface area contributed by atoms with E-state index in [1.54, 1.807) is 0 Å². The highest BCUT2D eigenvalue weighted by atomic mass is 35.5. The van der Waals surface area contributed by atoms with E-state index < -0.39 is 0 Å². The van der Waals surface area contributed by atoms with E-state index in [2.05, 4.69) is 15.5 Å². The second-order valence-corrected chi connectivity index (χ2v) is 2.34. The van der Waals surface area contributed by atoms with Gasteiger partial charge in [0.1, 0.15) is 6.10 Å². The minimum absolute atomic E-state index is 0. The zero-order valence-electron chi connectivity index (χ0n) is 6.40. The van der Waals surface area contributed by atoms with Crippen molar-refractivity contribution in [3.05, 3.63) is 12.3 Å². The normalized spacial score (nSPS) is 23.2. The lowest BCUT2D eigenvalue weighted by Crippen LogP contribution is -2.33. The van der Waals surface area contributed by atoms with Crippen LogP contribution < -0.4 is 5.32 Å². The van der Waals surface area contributed by atoms with Gasteiger partial charge in [0.2, 0.25) is 12.3 Å². The predicted molar refractivity (Wildman–Crippen MR) is 43.1 cm³/mol. The lowest BCUT2D eigenvalue weighted by atomic mass is 10.3. The smallest absolute Gasteiger partial charge is 0.246 e. The molecule has 1 unspecified atom stereocenters. The number of aromatic nitrogens is 2. The second kappa shape index (κ2) is 4.39. The van der Waals surface area contributed by atoms with Crippen LogP contribution in [0.15, 0.2) is 10.8 Å². The molecule has 1 saturated heterocycles. The van der Waals surface area contributed by atoms with E-state index in [1.165, 1.54) is 6.39 Å². The third-order valence-electron chi connectivity index (χ3n) is 1.58. The third kappa shape index (κ3) is 1.94.